The molecule has 1 fully saturated rings. The van der Waals surface area contributed by atoms with E-state index in [1.54, 1.807) is 25.4 Å². The molecular weight excluding hydrogens is 477 g/mol. The Hall–Kier alpha value is -3.87. The number of methoxy groups -OCH3 is 1. The maximum atomic E-state index is 15.3. The first-order valence-corrected chi connectivity index (χ1v) is 11.3. The molecule has 4 aromatic heterocycles. The Balaban J connectivity index is 1.58. The van der Waals surface area contributed by atoms with Crippen LogP contribution in [0.1, 0.15) is 24.2 Å². The Kier molecular flexibility index (Phi) is 5.74. The van der Waals surface area contributed by atoms with Gasteiger partial charge in [-0.2, -0.15) is 10.1 Å². The van der Waals surface area contributed by atoms with Gasteiger partial charge in [-0.05, 0) is 38.6 Å². The summed E-state index contributed by atoms with van der Waals surface area (Å²) in [6.07, 6.45) is 4.19. The van der Waals surface area contributed by atoms with Crippen LogP contribution in [0.25, 0.3) is 22.2 Å². The highest BCUT2D eigenvalue weighted by molar-refractivity contribution is 6.01. The van der Waals surface area contributed by atoms with Crippen molar-refractivity contribution in [3.63, 3.8) is 0 Å². The van der Waals surface area contributed by atoms with Crippen LogP contribution in [0.5, 0.6) is 5.88 Å². The summed E-state index contributed by atoms with van der Waals surface area (Å²) in [4.78, 5) is 18.3. The average Bonchev–Trinajstić information content (AvgIpc) is 3.44. The molecule has 1 aliphatic heterocycles. The van der Waals surface area contributed by atoms with E-state index in [-0.39, 0.29) is 47.9 Å². The Bertz CT molecular complexity index is 1460. The Morgan fingerprint density at radius 1 is 1.31 bits per heavy atom. The van der Waals surface area contributed by atoms with Crippen molar-refractivity contribution in [3.05, 3.63) is 42.1 Å². The van der Waals surface area contributed by atoms with Gasteiger partial charge in [-0.3, -0.25) is 9.69 Å². The van der Waals surface area contributed by atoms with Crippen LogP contribution < -0.4 is 15.4 Å². The maximum Gasteiger partial charge on any atom is 0.281 e. The molecule has 1 atom stereocenters. The third-order valence-corrected chi connectivity index (χ3v) is 6.01. The molecule has 1 amide bonds. The lowest BCUT2D eigenvalue weighted by Crippen LogP contribution is -2.38. The van der Waals surface area contributed by atoms with Gasteiger partial charge in [-0.1, -0.05) is 0 Å². The van der Waals surface area contributed by atoms with Crippen molar-refractivity contribution in [3.8, 4) is 17.0 Å². The molecule has 0 radical (unpaired) electrons. The van der Waals surface area contributed by atoms with Gasteiger partial charge in [-0.15, -0.1) is 5.10 Å². The van der Waals surface area contributed by atoms with Gasteiger partial charge in [0.15, 0.2) is 5.82 Å². The molecule has 2 N–H and O–H groups in total. The van der Waals surface area contributed by atoms with E-state index in [1.165, 1.54) is 27.2 Å². The van der Waals surface area contributed by atoms with Crippen LogP contribution in [0.3, 0.4) is 0 Å². The molecule has 0 aromatic carbocycles. The van der Waals surface area contributed by atoms with Crippen molar-refractivity contribution in [2.45, 2.75) is 31.9 Å². The third kappa shape index (κ3) is 4.08. The molecule has 0 spiro atoms. The van der Waals surface area contributed by atoms with Crippen molar-refractivity contribution in [2.24, 2.45) is 0 Å². The van der Waals surface area contributed by atoms with E-state index in [4.69, 9.17) is 4.74 Å². The number of likely N-dealkylation sites (N-methyl/N-ethyl adjacent to an activating group) is 1. The van der Waals surface area contributed by atoms with E-state index in [2.05, 4.69) is 25.8 Å². The fourth-order valence-corrected chi connectivity index (χ4v) is 4.44. The van der Waals surface area contributed by atoms with E-state index in [0.717, 1.165) is 6.20 Å². The normalized spacial score (nSPS) is 17.8. The monoisotopic (exact) mass is 502 g/mol. The van der Waals surface area contributed by atoms with E-state index >= 15 is 4.39 Å². The molecule has 5 rings (SSSR count). The zero-order chi connectivity index (χ0) is 25.8. The number of nitrogens with one attached hydrogen (secondary N) is 2. The summed E-state index contributed by atoms with van der Waals surface area (Å²) in [6, 6.07) is 2.01. The molecule has 0 saturated carbocycles. The summed E-state index contributed by atoms with van der Waals surface area (Å²) in [5, 5.41) is 13.9. The van der Waals surface area contributed by atoms with Gasteiger partial charge < -0.3 is 15.4 Å². The minimum Gasteiger partial charge on any atom is -0.479 e. The number of pyridine rings is 1. The van der Waals surface area contributed by atoms with Crippen LogP contribution in [0.15, 0.2) is 30.7 Å². The maximum absolute atomic E-state index is 15.3. The first kappa shape index (κ1) is 23.9. The molecule has 13 heteroatoms. The van der Waals surface area contributed by atoms with Crippen LogP contribution in [0, 0.1) is 5.82 Å². The second-order valence-corrected chi connectivity index (χ2v) is 9.18. The summed E-state index contributed by atoms with van der Waals surface area (Å²) in [6.45, 7) is 3.40. The number of fused-ring (bicyclic) bond motifs is 2. The summed E-state index contributed by atoms with van der Waals surface area (Å²) in [5.41, 5.74) is 1.62. The second kappa shape index (κ2) is 8.66. The first-order chi connectivity index (χ1) is 17.1. The molecule has 4 aromatic rings. The number of carbonyl (C=O) groups is 1. The lowest BCUT2D eigenvalue weighted by Gasteiger charge is -2.19. The van der Waals surface area contributed by atoms with E-state index in [0.29, 0.717) is 16.6 Å². The van der Waals surface area contributed by atoms with Gasteiger partial charge >= 0.3 is 0 Å². The number of nitrogens with zero attached hydrogens (tertiary/aromatic N) is 6. The minimum atomic E-state index is -2.98. The smallest absolute Gasteiger partial charge is 0.281 e. The number of anilines is 1. The molecule has 1 saturated heterocycles. The number of hydrogen-bond donors (Lipinski definition) is 2. The van der Waals surface area contributed by atoms with Crippen molar-refractivity contribution in [1.82, 2.24) is 34.4 Å². The van der Waals surface area contributed by atoms with Crippen molar-refractivity contribution in [2.75, 3.05) is 32.6 Å². The van der Waals surface area contributed by atoms with Crippen LogP contribution >= 0.6 is 0 Å². The molecule has 36 heavy (non-hydrogen) atoms. The van der Waals surface area contributed by atoms with Crippen molar-refractivity contribution >= 4 is 22.9 Å². The molecule has 190 valence electrons. The van der Waals surface area contributed by atoms with Crippen LogP contribution in [-0.2, 0) is 0 Å². The Morgan fingerprint density at radius 2 is 2.08 bits per heavy atom. The number of carbonyl (C=O) groups excluding carboxylic acids is 1. The largest absolute Gasteiger partial charge is 0.479 e. The summed E-state index contributed by atoms with van der Waals surface area (Å²) >= 11 is 0. The highest BCUT2D eigenvalue weighted by atomic mass is 19.3. The first-order valence-electron chi connectivity index (χ1n) is 11.3. The van der Waals surface area contributed by atoms with Crippen LogP contribution in [-0.4, -0.2) is 80.3 Å². The van der Waals surface area contributed by atoms with E-state index < -0.39 is 17.8 Å². The molecular formula is C23H25F3N8O2. The minimum absolute atomic E-state index is 0.00669. The third-order valence-electron chi connectivity index (χ3n) is 6.01. The topological polar surface area (TPSA) is 101 Å². The van der Waals surface area contributed by atoms with Crippen LogP contribution in [0.4, 0.5) is 19.1 Å². The molecule has 10 nitrogen and oxygen atoms in total. The quantitative estimate of drug-likeness (QED) is 0.418. The van der Waals surface area contributed by atoms with Crippen LogP contribution in [0.2, 0.25) is 0 Å². The zero-order valence-electron chi connectivity index (χ0n) is 20.1. The Labute approximate surface area is 204 Å². The van der Waals surface area contributed by atoms with Gasteiger partial charge in [0.1, 0.15) is 11.6 Å². The number of alkyl halides is 2. The van der Waals surface area contributed by atoms with Gasteiger partial charge in [0.05, 0.1) is 42.7 Å². The number of hydrogen-bond acceptors (Lipinski definition) is 7. The predicted octanol–water partition coefficient (Wildman–Crippen LogP) is 2.69. The second-order valence-electron chi connectivity index (χ2n) is 9.18. The van der Waals surface area contributed by atoms with Crippen molar-refractivity contribution < 1.29 is 22.7 Å². The summed E-state index contributed by atoms with van der Waals surface area (Å²) in [5.74, 6) is -4.01. The fourth-order valence-electron chi connectivity index (χ4n) is 4.44. The molecule has 5 heterocycles. The number of likely N-dealkylation sites (tertiary alicyclic amines) is 1. The zero-order valence-corrected chi connectivity index (χ0v) is 20.1. The van der Waals surface area contributed by atoms with Gasteiger partial charge in [0.2, 0.25) is 11.8 Å². The number of rotatable bonds is 6. The summed E-state index contributed by atoms with van der Waals surface area (Å²) in [7, 11) is 2.95. The molecule has 0 aliphatic carbocycles. The van der Waals surface area contributed by atoms with Gasteiger partial charge in [-0.25, -0.2) is 22.2 Å². The Morgan fingerprint density at radius 3 is 2.75 bits per heavy atom. The number of amides is 1. The molecule has 0 bridgehead atoms. The van der Waals surface area contributed by atoms with Gasteiger partial charge in [0.25, 0.3) is 11.8 Å². The summed E-state index contributed by atoms with van der Waals surface area (Å²) < 4.78 is 52.0. The van der Waals surface area contributed by atoms with E-state index in [9.17, 15) is 13.6 Å². The lowest BCUT2D eigenvalue weighted by molar-refractivity contribution is 0.00582. The standard InChI is InChI=1S/C23H25F3N8O2/c1-12(2)28-20(35)14-8-27-33-6-5-13(7-16(14)33)18-15(24)9-34-19(18)21(36-4)30-22(31-34)29-17-10-32(3)11-23(17,25)26/h5-9,12,17H,10-11H2,1-4H3,(H,28,35)(H,29,31)/t17-/m1/s1. The number of aromatic nitrogens is 5. The van der Waals surface area contributed by atoms with Crippen molar-refractivity contribution in [1.29, 1.82) is 0 Å². The lowest BCUT2D eigenvalue weighted by atomic mass is 10.1. The number of ether oxygens (including phenoxy) is 1. The predicted molar refractivity (Wildman–Crippen MR) is 126 cm³/mol. The highest BCUT2D eigenvalue weighted by Gasteiger charge is 2.47. The highest BCUT2D eigenvalue weighted by Crippen LogP contribution is 2.35. The SMILES string of the molecule is COc1nc(N[C@@H]2CN(C)CC2(F)F)nn2cc(F)c(-c3ccn4ncc(C(=O)NC(C)C)c4c3)c12. The fraction of sp³-hybridized carbons (Fsp3) is 0.391. The molecule has 1 aliphatic rings. The average molecular weight is 503 g/mol. The van der Waals surface area contributed by atoms with E-state index in [1.807, 2.05) is 13.8 Å². The molecule has 0 unspecified atom stereocenters. The number of halogens is 3. The van der Waals surface area contributed by atoms with Gasteiger partial charge in [0, 0.05) is 18.8 Å².